The zero-order valence-electron chi connectivity index (χ0n) is 7.56. The van der Waals surface area contributed by atoms with E-state index in [4.69, 9.17) is 6.42 Å². The molecule has 0 unspecified atom stereocenters. The standard InChI is InChI=1S/C9H18N2/c1-4-5-7-10-8-6-9-11(2)3/h1,10H,5-9H2,2-3H3. The average molecular weight is 154 g/mol. The molecule has 1 N–H and O–H groups in total. The molecule has 0 saturated carbocycles. The van der Waals surface area contributed by atoms with Gasteiger partial charge in [0.2, 0.25) is 0 Å². The summed E-state index contributed by atoms with van der Waals surface area (Å²) in [5.41, 5.74) is 0. The van der Waals surface area contributed by atoms with Crippen LogP contribution in [0.1, 0.15) is 12.8 Å². The van der Waals surface area contributed by atoms with Gasteiger partial charge >= 0.3 is 0 Å². The lowest BCUT2D eigenvalue weighted by Crippen LogP contribution is -2.21. The molecule has 0 aliphatic rings. The molecule has 2 nitrogen and oxygen atoms in total. The molecule has 2 heteroatoms. The lowest BCUT2D eigenvalue weighted by atomic mass is 10.4. The summed E-state index contributed by atoms with van der Waals surface area (Å²) in [7, 11) is 4.17. The van der Waals surface area contributed by atoms with E-state index in [1.165, 1.54) is 6.42 Å². The van der Waals surface area contributed by atoms with Gasteiger partial charge in [-0.25, -0.2) is 0 Å². The van der Waals surface area contributed by atoms with Crippen molar-refractivity contribution in [2.24, 2.45) is 0 Å². The second-order valence-electron chi connectivity index (χ2n) is 2.86. The normalized spacial score (nSPS) is 10.0. The Kier molecular flexibility index (Phi) is 7.23. The van der Waals surface area contributed by atoms with Crippen molar-refractivity contribution in [3.63, 3.8) is 0 Å². The molecule has 0 radical (unpaired) electrons. The molecule has 0 aromatic heterocycles. The Morgan fingerprint density at radius 2 is 2.09 bits per heavy atom. The summed E-state index contributed by atoms with van der Waals surface area (Å²) < 4.78 is 0. The summed E-state index contributed by atoms with van der Waals surface area (Å²) in [5, 5.41) is 3.27. The predicted molar refractivity (Wildman–Crippen MR) is 49.5 cm³/mol. The maximum Gasteiger partial charge on any atom is 0.0211 e. The minimum atomic E-state index is 0.835. The van der Waals surface area contributed by atoms with Gasteiger partial charge in [0.25, 0.3) is 0 Å². The lowest BCUT2D eigenvalue weighted by Gasteiger charge is -2.08. The van der Waals surface area contributed by atoms with Gasteiger partial charge in [-0.3, -0.25) is 0 Å². The third-order valence-electron chi connectivity index (χ3n) is 1.40. The van der Waals surface area contributed by atoms with Crippen molar-refractivity contribution in [1.82, 2.24) is 10.2 Å². The Morgan fingerprint density at radius 1 is 1.36 bits per heavy atom. The molecule has 0 bridgehead atoms. The van der Waals surface area contributed by atoms with Crippen LogP contribution < -0.4 is 5.32 Å². The van der Waals surface area contributed by atoms with Crippen LogP contribution >= 0.6 is 0 Å². The summed E-state index contributed by atoms with van der Waals surface area (Å²) >= 11 is 0. The predicted octanol–water partition coefficient (Wildman–Crippen LogP) is 0.551. The highest BCUT2D eigenvalue weighted by molar-refractivity contribution is 4.83. The van der Waals surface area contributed by atoms with Crippen LogP contribution in [0.4, 0.5) is 0 Å². The first-order valence-electron chi connectivity index (χ1n) is 4.06. The Labute approximate surface area is 70.0 Å². The highest BCUT2D eigenvalue weighted by Gasteiger charge is 1.88. The quantitative estimate of drug-likeness (QED) is 0.444. The Hall–Kier alpha value is -0.520. The number of hydrogen-bond donors (Lipinski definition) is 1. The minimum absolute atomic E-state index is 0.835. The lowest BCUT2D eigenvalue weighted by molar-refractivity contribution is 0.395. The maximum atomic E-state index is 5.09. The van der Waals surface area contributed by atoms with E-state index in [-0.39, 0.29) is 0 Å². The molecule has 0 aliphatic heterocycles. The highest BCUT2D eigenvalue weighted by Crippen LogP contribution is 1.80. The highest BCUT2D eigenvalue weighted by atomic mass is 15.0. The molecule has 0 spiro atoms. The van der Waals surface area contributed by atoms with E-state index in [1.54, 1.807) is 0 Å². The Bertz CT molecular complexity index is 113. The maximum absolute atomic E-state index is 5.09. The molecule has 11 heavy (non-hydrogen) atoms. The smallest absolute Gasteiger partial charge is 0.0211 e. The summed E-state index contributed by atoms with van der Waals surface area (Å²) in [6.45, 7) is 3.16. The van der Waals surface area contributed by atoms with Crippen LogP contribution in [0.3, 0.4) is 0 Å². The molecule has 64 valence electrons. The van der Waals surface area contributed by atoms with Crippen LogP contribution in [0.5, 0.6) is 0 Å². The van der Waals surface area contributed by atoms with E-state index < -0.39 is 0 Å². The number of rotatable bonds is 6. The van der Waals surface area contributed by atoms with Gasteiger partial charge in [0.05, 0.1) is 0 Å². The summed E-state index contributed by atoms with van der Waals surface area (Å²) in [5.74, 6) is 2.59. The van der Waals surface area contributed by atoms with Crippen LogP contribution in [-0.2, 0) is 0 Å². The molecular formula is C9H18N2. The molecule has 0 aromatic carbocycles. The number of nitrogens with one attached hydrogen (secondary N) is 1. The number of terminal acetylenes is 1. The van der Waals surface area contributed by atoms with Gasteiger partial charge in [-0.2, -0.15) is 0 Å². The average Bonchev–Trinajstić information content (AvgIpc) is 1.96. The van der Waals surface area contributed by atoms with Gasteiger partial charge in [0.15, 0.2) is 0 Å². The van der Waals surface area contributed by atoms with Gasteiger partial charge < -0.3 is 10.2 Å². The van der Waals surface area contributed by atoms with Gasteiger partial charge in [-0.1, -0.05) is 0 Å². The van der Waals surface area contributed by atoms with Crippen molar-refractivity contribution >= 4 is 0 Å². The fourth-order valence-electron chi connectivity index (χ4n) is 0.806. The van der Waals surface area contributed by atoms with E-state index in [2.05, 4.69) is 30.2 Å². The van der Waals surface area contributed by atoms with E-state index in [0.29, 0.717) is 0 Å². The molecule has 0 amide bonds. The summed E-state index contributed by atoms with van der Waals surface area (Å²) in [4.78, 5) is 2.18. The monoisotopic (exact) mass is 154 g/mol. The second kappa shape index (κ2) is 7.59. The largest absolute Gasteiger partial charge is 0.316 e. The summed E-state index contributed by atoms with van der Waals surface area (Å²) in [6.07, 6.45) is 7.12. The molecule has 0 heterocycles. The van der Waals surface area contributed by atoms with Crippen molar-refractivity contribution in [2.45, 2.75) is 12.8 Å². The van der Waals surface area contributed by atoms with Crippen molar-refractivity contribution in [1.29, 1.82) is 0 Å². The van der Waals surface area contributed by atoms with E-state index in [0.717, 1.165) is 26.1 Å². The number of hydrogen-bond acceptors (Lipinski definition) is 2. The van der Waals surface area contributed by atoms with E-state index in [9.17, 15) is 0 Å². The molecular weight excluding hydrogens is 136 g/mol. The van der Waals surface area contributed by atoms with Gasteiger partial charge in [0.1, 0.15) is 0 Å². The fraction of sp³-hybridized carbons (Fsp3) is 0.778. The van der Waals surface area contributed by atoms with E-state index in [1.807, 2.05) is 0 Å². The summed E-state index contributed by atoms with van der Waals surface area (Å²) in [6, 6.07) is 0. The molecule has 0 rings (SSSR count). The van der Waals surface area contributed by atoms with Crippen LogP contribution in [0.25, 0.3) is 0 Å². The van der Waals surface area contributed by atoms with Crippen LogP contribution in [0, 0.1) is 12.3 Å². The van der Waals surface area contributed by atoms with Gasteiger partial charge in [0, 0.05) is 13.0 Å². The second-order valence-corrected chi connectivity index (χ2v) is 2.86. The first-order valence-corrected chi connectivity index (χ1v) is 4.06. The zero-order valence-corrected chi connectivity index (χ0v) is 7.56. The third kappa shape index (κ3) is 9.48. The van der Waals surface area contributed by atoms with Gasteiger partial charge in [-0.05, 0) is 33.6 Å². The van der Waals surface area contributed by atoms with Crippen molar-refractivity contribution in [3.8, 4) is 12.3 Å². The topological polar surface area (TPSA) is 15.3 Å². The molecule has 0 saturated heterocycles. The Balaban J connectivity index is 2.86. The first-order chi connectivity index (χ1) is 5.27. The van der Waals surface area contributed by atoms with Crippen LogP contribution in [0.2, 0.25) is 0 Å². The first kappa shape index (κ1) is 10.5. The van der Waals surface area contributed by atoms with Crippen molar-refractivity contribution in [2.75, 3.05) is 33.7 Å². The van der Waals surface area contributed by atoms with Crippen molar-refractivity contribution < 1.29 is 0 Å². The number of nitrogens with zero attached hydrogens (tertiary/aromatic N) is 1. The van der Waals surface area contributed by atoms with Gasteiger partial charge in [-0.15, -0.1) is 12.3 Å². The molecule has 0 fully saturated rings. The van der Waals surface area contributed by atoms with E-state index >= 15 is 0 Å². The third-order valence-corrected chi connectivity index (χ3v) is 1.40. The fourth-order valence-corrected chi connectivity index (χ4v) is 0.806. The SMILES string of the molecule is C#CCCNCCCN(C)C. The molecule has 0 aliphatic carbocycles. The van der Waals surface area contributed by atoms with Crippen LogP contribution in [-0.4, -0.2) is 38.6 Å². The minimum Gasteiger partial charge on any atom is -0.316 e. The molecule has 0 aromatic rings. The zero-order chi connectivity index (χ0) is 8.53. The Morgan fingerprint density at radius 3 is 2.64 bits per heavy atom. The van der Waals surface area contributed by atoms with Crippen molar-refractivity contribution in [3.05, 3.63) is 0 Å². The van der Waals surface area contributed by atoms with Crippen LogP contribution in [0.15, 0.2) is 0 Å². The molecule has 0 atom stereocenters.